The first kappa shape index (κ1) is 17.7. The van der Waals surface area contributed by atoms with E-state index in [1.165, 1.54) is 4.31 Å². The van der Waals surface area contributed by atoms with Gasteiger partial charge in [-0.2, -0.15) is 4.31 Å². The van der Waals surface area contributed by atoms with Crippen LogP contribution in [0.4, 0.5) is 0 Å². The first-order valence-corrected chi connectivity index (χ1v) is 8.13. The average molecular weight is 310 g/mol. The molecular weight excluding hydrogens is 288 g/mol. The molecule has 0 bridgehead atoms. The van der Waals surface area contributed by atoms with E-state index in [9.17, 15) is 8.42 Å². The zero-order valence-corrected chi connectivity index (χ0v) is 13.5. The molecule has 5 nitrogen and oxygen atoms in total. The monoisotopic (exact) mass is 310 g/mol. The summed E-state index contributed by atoms with van der Waals surface area (Å²) in [6.07, 6.45) is 0.410. The summed E-state index contributed by atoms with van der Waals surface area (Å²) in [6.45, 7) is 1.13. The predicted molar refractivity (Wildman–Crippen MR) is 83.4 cm³/mol. The Balaban J connectivity index is 2.83. The maximum atomic E-state index is 12.4. The van der Waals surface area contributed by atoms with Gasteiger partial charge in [-0.05, 0) is 38.4 Å². The molecule has 0 atom stereocenters. The van der Waals surface area contributed by atoms with E-state index >= 15 is 0 Å². The van der Waals surface area contributed by atoms with Crippen molar-refractivity contribution < 1.29 is 13.5 Å². The minimum Gasteiger partial charge on any atom is -0.395 e. The van der Waals surface area contributed by atoms with Gasteiger partial charge >= 0.3 is 0 Å². The first-order chi connectivity index (χ1) is 9.87. The van der Waals surface area contributed by atoms with Gasteiger partial charge in [0.2, 0.25) is 10.0 Å². The molecule has 1 N–H and O–H groups in total. The van der Waals surface area contributed by atoms with Crippen molar-refractivity contribution in [2.75, 3.05) is 40.8 Å². The first-order valence-electron chi connectivity index (χ1n) is 6.69. The van der Waals surface area contributed by atoms with Crippen molar-refractivity contribution in [1.29, 1.82) is 0 Å². The van der Waals surface area contributed by atoms with Crippen LogP contribution < -0.4 is 0 Å². The lowest BCUT2D eigenvalue weighted by Crippen LogP contribution is -2.33. The van der Waals surface area contributed by atoms with E-state index < -0.39 is 10.0 Å². The zero-order valence-electron chi connectivity index (χ0n) is 12.7. The van der Waals surface area contributed by atoms with Crippen LogP contribution >= 0.6 is 0 Å². The molecule has 0 spiro atoms. The van der Waals surface area contributed by atoms with Gasteiger partial charge in [0.1, 0.15) is 0 Å². The lowest BCUT2D eigenvalue weighted by atomic mass is 10.2. The van der Waals surface area contributed by atoms with Crippen LogP contribution in [0.2, 0.25) is 0 Å². The molecule has 0 aromatic heterocycles. The Bertz CT molecular complexity index is 598. The van der Waals surface area contributed by atoms with Crippen molar-refractivity contribution in [3.63, 3.8) is 0 Å². The molecule has 0 fully saturated rings. The molecule has 0 unspecified atom stereocenters. The van der Waals surface area contributed by atoms with Crippen LogP contribution in [-0.4, -0.2) is 63.6 Å². The number of nitrogens with zero attached hydrogens (tertiary/aromatic N) is 2. The molecule has 0 aliphatic heterocycles. The van der Waals surface area contributed by atoms with Gasteiger partial charge in [0.05, 0.1) is 11.5 Å². The van der Waals surface area contributed by atoms with Crippen molar-refractivity contribution in [3.05, 3.63) is 29.8 Å². The number of aliphatic hydroxyl groups excluding tert-OH is 1. The highest BCUT2D eigenvalue weighted by Gasteiger charge is 2.20. The van der Waals surface area contributed by atoms with Crippen LogP contribution in [0.1, 0.15) is 12.0 Å². The highest BCUT2D eigenvalue weighted by atomic mass is 32.2. The van der Waals surface area contributed by atoms with Gasteiger partial charge in [0, 0.05) is 32.1 Å². The molecule has 6 heteroatoms. The largest absolute Gasteiger partial charge is 0.395 e. The number of benzene rings is 1. The molecule has 1 aromatic carbocycles. The second-order valence-electron chi connectivity index (χ2n) is 4.93. The molecular formula is C15H22N2O3S. The number of hydrogen-bond donors (Lipinski definition) is 1. The predicted octanol–water partition coefficient (Wildman–Crippen LogP) is 0.603. The van der Waals surface area contributed by atoms with E-state index in [4.69, 9.17) is 5.11 Å². The molecule has 0 aliphatic rings. The topological polar surface area (TPSA) is 60.9 Å². The Labute approximate surface area is 127 Å². The Morgan fingerprint density at radius 2 is 1.71 bits per heavy atom. The highest BCUT2D eigenvalue weighted by molar-refractivity contribution is 7.89. The number of likely N-dealkylation sites (N-methyl/N-ethyl adjacent to an activating group) is 2. The number of hydrogen-bond acceptors (Lipinski definition) is 4. The van der Waals surface area contributed by atoms with E-state index in [0.29, 0.717) is 19.5 Å². The Kier molecular flexibility index (Phi) is 6.85. The van der Waals surface area contributed by atoms with E-state index in [2.05, 4.69) is 11.8 Å². The maximum absolute atomic E-state index is 12.4. The highest BCUT2D eigenvalue weighted by Crippen LogP contribution is 2.14. The van der Waals surface area contributed by atoms with Gasteiger partial charge in [0.25, 0.3) is 0 Å². The Morgan fingerprint density at radius 3 is 2.24 bits per heavy atom. The van der Waals surface area contributed by atoms with Crippen molar-refractivity contribution in [2.45, 2.75) is 11.3 Å². The summed E-state index contributed by atoms with van der Waals surface area (Å²) in [7, 11) is 1.93. The van der Waals surface area contributed by atoms with Gasteiger partial charge < -0.3 is 10.0 Å². The van der Waals surface area contributed by atoms with Gasteiger partial charge in [-0.15, -0.1) is 0 Å². The van der Waals surface area contributed by atoms with E-state index in [-0.39, 0.29) is 11.5 Å². The minimum absolute atomic E-state index is 0.0239. The van der Waals surface area contributed by atoms with Gasteiger partial charge in [0.15, 0.2) is 0 Å². The maximum Gasteiger partial charge on any atom is 0.242 e. The standard InChI is InChI=1S/C15H22N2O3S/c1-16(2)11-12-17(3)21(19,20)15-9-7-14(8-10-15)6-4-5-13-18/h7-10,18H,5,11-13H2,1-3H3. The van der Waals surface area contributed by atoms with Crippen LogP contribution in [0.3, 0.4) is 0 Å². The SMILES string of the molecule is CN(C)CCN(C)S(=O)(=O)c1ccc(C#CCCO)cc1. The molecule has 21 heavy (non-hydrogen) atoms. The average Bonchev–Trinajstić information content (AvgIpc) is 2.45. The van der Waals surface area contributed by atoms with Gasteiger partial charge in [-0.3, -0.25) is 0 Å². The third kappa shape index (κ3) is 5.48. The summed E-state index contributed by atoms with van der Waals surface area (Å²) in [4.78, 5) is 2.20. The van der Waals surface area contributed by atoms with Crippen LogP contribution in [0.15, 0.2) is 29.2 Å². The lowest BCUT2D eigenvalue weighted by molar-refractivity contribution is 0.305. The van der Waals surface area contributed by atoms with Crippen LogP contribution in [0.5, 0.6) is 0 Å². The van der Waals surface area contributed by atoms with E-state index in [0.717, 1.165) is 5.56 Å². The summed E-state index contributed by atoms with van der Waals surface area (Å²) in [6, 6.07) is 6.48. The molecule has 1 rings (SSSR count). The molecule has 116 valence electrons. The molecule has 1 aromatic rings. The lowest BCUT2D eigenvalue weighted by Gasteiger charge is -2.19. The summed E-state index contributed by atoms with van der Waals surface area (Å²) < 4.78 is 26.1. The Morgan fingerprint density at radius 1 is 1.10 bits per heavy atom. The normalized spacial score (nSPS) is 11.5. The van der Waals surface area contributed by atoms with Crippen molar-refractivity contribution in [3.8, 4) is 11.8 Å². The number of rotatable bonds is 6. The fourth-order valence-corrected chi connectivity index (χ4v) is 2.73. The molecule has 0 heterocycles. The summed E-state index contributed by atoms with van der Waals surface area (Å²) in [5.74, 6) is 5.67. The van der Waals surface area contributed by atoms with Crippen molar-refractivity contribution in [1.82, 2.24) is 9.21 Å². The Hall–Kier alpha value is -1.39. The molecule has 0 radical (unpaired) electrons. The second-order valence-corrected chi connectivity index (χ2v) is 6.97. The van der Waals surface area contributed by atoms with E-state index in [1.807, 2.05) is 19.0 Å². The summed E-state index contributed by atoms with van der Waals surface area (Å²) in [5, 5.41) is 8.65. The molecule has 0 saturated carbocycles. The minimum atomic E-state index is -3.46. The molecule has 0 aliphatic carbocycles. The fourth-order valence-electron chi connectivity index (χ4n) is 1.57. The van der Waals surface area contributed by atoms with Crippen molar-refractivity contribution >= 4 is 10.0 Å². The van der Waals surface area contributed by atoms with Gasteiger partial charge in [-0.25, -0.2) is 8.42 Å². The van der Waals surface area contributed by atoms with Crippen molar-refractivity contribution in [2.24, 2.45) is 0 Å². The second kappa shape index (κ2) is 8.15. The summed E-state index contributed by atoms with van der Waals surface area (Å²) in [5.41, 5.74) is 0.735. The van der Waals surface area contributed by atoms with E-state index in [1.54, 1.807) is 31.3 Å². The molecule has 0 saturated heterocycles. The quantitative estimate of drug-likeness (QED) is 0.782. The molecule has 0 amide bonds. The number of aliphatic hydroxyl groups is 1. The van der Waals surface area contributed by atoms with Crippen LogP contribution in [-0.2, 0) is 10.0 Å². The van der Waals surface area contributed by atoms with Gasteiger partial charge in [-0.1, -0.05) is 11.8 Å². The zero-order chi connectivity index (χ0) is 15.9. The fraction of sp³-hybridized carbons (Fsp3) is 0.467. The summed E-state index contributed by atoms with van der Waals surface area (Å²) >= 11 is 0. The third-order valence-electron chi connectivity index (χ3n) is 2.89. The third-order valence-corrected chi connectivity index (χ3v) is 4.77. The smallest absolute Gasteiger partial charge is 0.242 e. The number of sulfonamides is 1. The van der Waals surface area contributed by atoms with Crippen LogP contribution in [0.25, 0.3) is 0 Å². The van der Waals surface area contributed by atoms with Crippen LogP contribution in [0, 0.1) is 11.8 Å².